The Hall–Kier alpha value is -2.46. The van der Waals surface area contributed by atoms with Crippen molar-refractivity contribution in [1.82, 2.24) is 0 Å². The molecule has 0 heterocycles. The van der Waals surface area contributed by atoms with Crippen LogP contribution < -0.4 is 0 Å². The van der Waals surface area contributed by atoms with Crippen molar-refractivity contribution in [2.75, 3.05) is 39.6 Å². The molecule has 602 valence electrons. The third-order valence-corrected chi connectivity index (χ3v) is 20.7. The molecule has 0 spiro atoms. The second kappa shape index (κ2) is 72.7. The molecule has 102 heavy (non-hydrogen) atoms. The number of phosphoric ester groups is 2. The van der Waals surface area contributed by atoms with Crippen LogP contribution in [0.5, 0.6) is 0 Å². The van der Waals surface area contributed by atoms with Gasteiger partial charge < -0.3 is 33.8 Å². The molecule has 0 aromatic carbocycles. The number of aliphatic hydroxyl groups excluding tert-OH is 1. The van der Waals surface area contributed by atoms with Crippen molar-refractivity contribution in [3.63, 3.8) is 0 Å². The van der Waals surface area contributed by atoms with E-state index in [1.807, 2.05) is 0 Å². The Kier molecular flexibility index (Phi) is 71.0. The van der Waals surface area contributed by atoms with Crippen LogP contribution in [0.25, 0.3) is 0 Å². The molecular formula is C83H158O17P2. The first kappa shape index (κ1) is 99.5. The standard InChI is InChI=1S/C83H158O17P2/c1-8-9-10-11-12-13-14-15-20-24-29-36-43-50-57-64-80(85)93-70-78(99-82(87)66-59-52-45-37-30-25-22-19-17-16-18-21-23-27-33-40-47-54-61-74(2)3)72-97-101(89,90)95-68-77(84)69-96-102(91,92)98-73-79(71-94-81(86)65-58-51-44-39-32-35-42-49-56-63-76(6)7)100-83(88)67-60-53-46-38-31-26-28-34-41-48-55-62-75(4)5/h13-15,20,74-79,84H,8-12,16-19,21-73H2,1-7H3,(H,89,90)(H,91,92)/b14-13-,20-15-/t77-,78-,79-/m1/s1. The van der Waals surface area contributed by atoms with Crippen molar-refractivity contribution in [2.24, 2.45) is 17.8 Å². The predicted octanol–water partition coefficient (Wildman–Crippen LogP) is 24.5. The van der Waals surface area contributed by atoms with Gasteiger partial charge in [-0.3, -0.25) is 37.3 Å². The SMILES string of the molecule is CCCCCC/C=C\C=C/CCCCCCCC(=O)OC[C@H](COP(=O)(O)OC[C@@H](O)COP(=O)(O)OC[C@@H](COC(=O)CCCCCCCCCCCC(C)C)OC(=O)CCCCCCCCCCCCCC(C)C)OC(=O)CCCCCCCCCCCCCCCCCCCCC(C)C. The quantitative estimate of drug-likeness (QED) is 0.0169. The van der Waals surface area contributed by atoms with Gasteiger partial charge in [-0.2, -0.15) is 0 Å². The number of unbranched alkanes of at least 4 members (excludes halogenated alkanes) is 44. The van der Waals surface area contributed by atoms with Crippen LogP contribution in [0.4, 0.5) is 0 Å². The summed E-state index contributed by atoms with van der Waals surface area (Å²) in [6.45, 7) is 11.9. The molecule has 0 amide bonds. The fourth-order valence-electron chi connectivity index (χ4n) is 12.3. The van der Waals surface area contributed by atoms with Crippen LogP contribution in [0.3, 0.4) is 0 Å². The number of esters is 4. The molecule has 0 bridgehead atoms. The molecule has 0 saturated heterocycles. The largest absolute Gasteiger partial charge is 0.472 e. The molecular weight excluding hydrogens is 1330 g/mol. The van der Waals surface area contributed by atoms with Gasteiger partial charge in [0.1, 0.15) is 19.3 Å². The molecule has 17 nitrogen and oxygen atoms in total. The normalized spacial score (nSPS) is 14.1. The molecule has 0 aliphatic carbocycles. The van der Waals surface area contributed by atoms with Crippen molar-refractivity contribution >= 4 is 39.5 Å². The molecule has 0 aliphatic heterocycles. The first-order chi connectivity index (χ1) is 49.2. The minimum absolute atomic E-state index is 0.101. The van der Waals surface area contributed by atoms with E-state index >= 15 is 0 Å². The smallest absolute Gasteiger partial charge is 0.462 e. The molecule has 5 atom stereocenters. The average Bonchev–Trinajstić information content (AvgIpc) is 0.909. The van der Waals surface area contributed by atoms with Gasteiger partial charge in [-0.05, 0) is 69.1 Å². The maximum Gasteiger partial charge on any atom is 0.472 e. The number of aliphatic hydroxyl groups is 1. The van der Waals surface area contributed by atoms with Crippen molar-refractivity contribution in [2.45, 2.75) is 426 Å². The molecule has 0 aromatic rings. The van der Waals surface area contributed by atoms with Crippen LogP contribution in [-0.2, 0) is 65.4 Å². The molecule has 0 fully saturated rings. The number of allylic oxidation sites excluding steroid dienone is 4. The molecule has 0 radical (unpaired) electrons. The van der Waals surface area contributed by atoms with Crippen LogP contribution >= 0.6 is 15.6 Å². The topological polar surface area (TPSA) is 237 Å². The number of hydrogen-bond acceptors (Lipinski definition) is 15. The van der Waals surface area contributed by atoms with Gasteiger partial charge in [0, 0.05) is 25.7 Å². The van der Waals surface area contributed by atoms with E-state index in [9.17, 15) is 43.2 Å². The van der Waals surface area contributed by atoms with Crippen LogP contribution in [0.2, 0.25) is 0 Å². The highest BCUT2D eigenvalue weighted by Gasteiger charge is 2.30. The van der Waals surface area contributed by atoms with Gasteiger partial charge in [0.05, 0.1) is 26.4 Å². The number of carbonyl (C=O) groups excluding carboxylic acids is 4. The van der Waals surface area contributed by atoms with Crippen molar-refractivity contribution in [1.29, 1.82) is 0 Å². The van der Waals surface area contributed by atoms with E-state index < -0.39 is 97.5 Å². The Morgan fingerprint density at radius 2 is 0.529 bits per heavy atom. The lowest BCUT2D eigenvalue weighted by atomic mass is 10.0. The van der Waals surface area contributed by atoms with E-state index in [0.717, 1.165) is 127 Å². The van der Waals surface area contributed by atoms with Gasteiger partial charge in [0.15, 0.2) is 12.2 Å². The van der Waals surface area contributed by atoms with Crippen LogP contribution in [0.1, 0.15) is 408 Å². The first-order valence-electron chi connectivity index (χ1n) is 42.2. The van der Waals surface area contributed by atoms with Gasteiger partial charge in [-0.15, -0.1) is 0 Å². The summed E-state index contributed by atoms with van der Waals surface area (Å²) in [5, 5.41) is 10.7. The molecule has 3 N–H and O–H groups in total. The summed E-state index contributed by atoms with van der Waals surface area (Å²) >= 11 is 0. The lowest BCUT2D eigenvalue weighted by molar-refractivity contribution is -0.161. The summed E-state index contributed by atoms with van der Waals surface area (Å²) in [6.07, 6.45) is 64.7. The van der Waals surface area contributed by atoms with Gasteiger partial charge in [0.2, 0.25) is 0 Å². The zero-order valence-corrected chi connectivity index (χ0v) is 68.4. The molecule has 19 heteroatoms. The number of phosphoric acid groups is 2. The van der Waals surface area contributed by atoms with Gasteiger partial charge >= 0.3 is 39.5 Å². The third-order valence-electron chi connectivity index (χ3n) is 18.8. The lowest BCUT2D eigenvalue weighted by Gasteiger charge is -2.21. The summed E-state index contributed by atoms with van der Waals surface area (Å²) in [6, 6.07) is 0. The summed E-state index contributed by atoms with van der Waals surface area (Å²) in [4.78, 5) is 73.1. The zero-order chi connectivity index (χ0) is 75.1. The van der Waals surface area contributed by atoms with E-state index in [1.54, 1.807) is 0 Å². The Labute approximate surface area is 624 Å². The molecule has 2 unspecified atom stereocenters. The third kappa shape index (κ3) is 75.8. The van der Waals surface area contributed by atoms with E-state index in [2.05, 4.69) is 72.8 Å². The molecule has 0 saturated carbocycles. The minimum atomic E-state index is -4.97. The fourth-order valence-corrected chi connectivity index (χ4v) is 13.9. The summed E-state index contributed by atoms with van der Waals surface area (Å²) in [5.41, 5.74) is 0. The van der Waals surface area contributed by atoms with E-state index in [-0.39, 0.29) is 25.7 Å². The van der Waals surface area contributed by atoms with Crippen LogP contribution in [-0.4, -0.2) is 96.7 Å². The summed E-state index contributed by atoms with van der Waals surface area (Å²) in [5.74, 6) is 0.186. The second-order valence-electron chi connectivity index (χ2n) is 30.6. The summed E-state index contributed by atoms with van der Waals surface area (Å²) < 4.78 is 68.7. The van der Waals surface area contributed by atoms with Crippen LogP contribution in [0.15, 0.2) is 24.3 Å². The number of rotatable bonds is 79. The second-order valence-corrected chi connectivity index (χ2v) is 33.5. The molecule has 0 rings (SSSR count). The average molecular weight is 1490 g/mol. The van der Waals surface area contributed by atoms with Gasteiger partial charge in [0.25, 0.3) is 0 Å². The Balaban J connectivity index is 5.27. The van der Waals surface area contributed by atoms with E-state index in [4.69, 9.17) is 37.0 Å². The monoisotopic (exact) mass is 1490 g/mol. The Morgan fingerprint density at radius 3 is 0.794 bits per heavy atom. The fraction of sp³-hybridized carbons (Fsp3) is 0.904. The highest BCUT2D eigenvalue weighted by atomic mass is 31.2. The van der Waals surface area contributed by atoms with Gasteiger partial charge in [-0.1, -0.05) is 355 Å². The Bertz CT molecular complexity index is 2070. The first-order valence-corrected chi connectivity index (χ1v) is 45.2. The van der Waals surface area contributed by atoms with Crippen molar-refractivity contribution < 1.29 is 80.2 Å². The highest BCUT2D eigenvalue weighted by Crippen LogP contribution is 2.45. The number of carbonyl (C=O) groups is 4. The van der Waals surface area contributed by atoms with E-state index in [0.29, 0.717) is 25.7 Å². The highest BCUT2D eigenvalue weighted by molar-refractivity contribution is 7.47. The minimum Gasteiger partial charge on any atom is -0.462 e. The maximum absolute atomic E-state index is 13.1. The molecule has 0 aromatic heterocycles. The van der Waals surface area contributed by atoms with Gasteiger partial charge in [-0.25, -0.2) is 9.13 Å². The molecule has 0 aliphatic rings. The van der Waals surface area contributed by atoms with Crippen molar-refractivity contribution in [3.8, 4) is 0 Å². The van der Waals surface area contributed by atoms with Crippen molar-refractivity contribution in [3.05, 3.63) is 24.3 Å². The summed E-state index contributed by atoms with van der Waals surface area (Å²) in [7, 11) is -9.94. The van der Waals surface area contributed by atoms with Crippen LogP contribution in [0, 0.1) is 17.8 Å². The number of ether oxygens (including phenoxy) is 4. The zero-order valence-electron chi connectivity index (χ0n) is 66.6. The maximum atomic E-state index is 13.1. The lowest BCUT2D eigenvalue weighted by Crippen LogP contribution is -2.30. The predicted molar refractivity (Wildman–Crippen MR) is 418 cm³/mol. The van der Waals surface area contributed by atoms with E-state index in [1.165, 1.54) is 199 Å². The number of hydrogen-bond donors (Lipinski definition) is 3. The Morgan fingerprint density at radius 1 is 0.304 bits per heavy atom.